The molecule has 0 saturated heterocycles. The van der Waals surface area contributed by atoms with Gasteiger partial charge in [-0.15, -0.1) is 11.3 Å². The van der Waals surface area contributed by atoms with Crippen LogP contribution in [0, 0.1) is 0 Å². The van der Waals surface area contributed by atoms with E-state index in [9.17, 15) is 4.79 Å². The molecule has 8 heteroatoms. The van der Waals surface area contributed by atoms with Crippen molar-refractivity contribution < 1.29 is 14.3 Å². The van der Waals surface area contributed by atoms with Gasteiger partial charge in [0.2, 0.25) is 5.91 Å². The first-order chi connectivity index (χ1) is 14.6. The number of imidazole rings is 1. The Hall–Kier alpha value is -3.03. The number of aryl methyl sites for hydroxylation is 1. The second kappa shape index (κ2) is 8.77. The van der Waals surface area contributed by atoms with E-state index in [1.807, 2.05) is 40.2 Å². The van der Waals surface area contributed by atoms with Crippen molar-refractivity contribution in [1.29, 1.82) is 0 Å². The molecule has 4 rings (SSSR count). The molecule has 0 unspecified atom stereocenters. The van der Waals surface area contributed by atoms with Crippen LogP contribution in [-0.4, -0.2) is 29.5 Å². The molecule has 154 valence electrons. The Morgan fingerprint density at radius 3 is 2.70 bits per heavy atom. The molecule has 2 heterocycles. The van der Waals surface area contributed by atoms with Crippen molar-refractivity contribution in [3.8, 4) is 22.8 Å². The topological polar surface area (TPSA) is 64.9 Å². The molecule has 2 aromatic carbocycles. The molecule has 0 radical (unpaired) electrons. The number of anilines is 1. The van der Waals surface area contributed by atoms with Crippen molar-refractivity contribution in [3.05, 3.63) is 64.8 Å². The molecule has 6 nitrogen and oxygen atoms in total. The zero-order valence-electron chi connectivity index (χ0n) is 16.5. The SMILES string of the molecule is COc1ccc(NC(=O)CCc2csc3nc(-c4ccc(Cl)cc4)cn23)c(OC)c1. The fourth-order valence-corrected chi connectivity index (χ4v) is 4.16. The molecule has 2 aromatic heterocycles. The van der Waals surface area contributed by atoms with Gasteiger partial charge in [-0.05, 0) is 30.7 Å². The van der Waals surface area contributed by atoms with E-state index in [-0.39, 0.29) is 5.91 Å². The molecule has 0 saturated carbocycles. The maximum absolute atomic E-state index is 12.5. The molecule has 0 fully saturated rings. The van der Waals surface area contributed by atoms with Gasteiger partial charge in [0.05, 0.1) is 25.6 Å². The third-order valence-corrected chi connectivity index (χ3v) is 5.86. The van der Waals surface area contributed by atoms with Gasteiger partial charge in [-0.3, -0.25) is 9.20 Å². The third-order valence-electron chi connectivity index (χ3n) is 4.71. The van der Waals surface area contributed by atoms with Gasteiger partial charge in [0.15, 0.2) is 4.96 Å². The van der Waals surface area contributed by atoms with Crippen molar-refractivity contribution >= 4 is 39.5 Å². The number of benzene rings is 2. The normalized spacial score (nSPS) is 10.9. The summed E-state index contributed by atoms with van der Waals surface area (Å²) in [5.41, 5.74) is 3.55. The molecule has 0 aliphatic heterocycles. The van der Waals surface area contributed by atoms with Gasteiger partial charge in [-0.1, -0.05) is 23.7 Å². The zero-order valence-corrected chi connectivity index (χ0v) is 18.1. The first-order valence-electron chi connectivity index (χ1n) is 9.30. The Labute approximate surface area is 183 Å². The van der Waals surface area contributed by atoms with E-state index in [4.69, 9.17) is 21.1 Å². The minimum absolute atomic E-state index is 0.0872. The van der Waals surface area contributed by atoms with Crippen LogP contribution >= 0.6 is 22.9 Å². The molecule has 0 aliphatic carbocycles. The van der Waals surface area contributed by atoms with Crippen LogP contribution in [0.1, 0.15) is 12.1 Å². The second-order valence-electron chi connectivity index (χ2n) is 6.63. The standard InChI is InChI=1S/C22H20ClN3O3S/c1-28-17-8-9-18(20(11-17)29-2)24-21(27)10-7-16-13-30-22-25-19(12-26(16)22)14-3-5-15(23)6-4-14/h3-6,8-9,11-13H,7,10H2,1-2H3,(H,24,27). The van der Waals surface area contributed by atoms with Crippen LogP contribution in [0.15, 0.2) is 54.0 Å². The first kappa shape index (κ1) is 20.3. The number of nitrogens with one attached hydrogen (secondary N) is 1. The number of thiazole rings is 1. The summed E-state index contributed by atoms with van der Waals surface area (Å²) in [6.45, 7) is 0. The number of hydrogen-bond donors (Lipinski definition) is 1. The lowest BCUT2D eigenvalue weighted by Crippen LogP contribution is -2.13. The highest BCUT2D eigenvalue weighted by Crippen LogP contribution is 2.29. The van der Waals surface area contributed by atoms with Gasteiger partial charge in [0.1, 0.15) is 11.5 Å². The predicted molar refractivity (Wildman–Crippen MR) is 120 cm³/mol. The van der Waals surface area contributed by atoms with Crippen LogP contribution < -0.4 is 14.8 Å². The Balaban J connectivity index is 1.45. The number of amides is 1. The number of fused-ring (bicyclic) bond motifs is 1. The zero-order chi connectivity index (χ0) is 21.1. The van der Waals surface area contributed by atoms with Crippen molar-refractivity contribution in [1.82, 2.24) is 9.38 Å². The minimum atomic E-state index is -0.0872. The summed E-state index contributed by atoms with van der Waals surface area (Å²) in [5.74, 6) is 1.14. The van der Waals surface area contributed by atoms with Crippen LogP contribution in [0.5, 0.6) is 11.5 Å². The maximum atomic E-state index is 12.5. The fraction of sp³-hybridized carbons (Fsp3) is 0.182. The second-order valence-corrected chi connectivity index (χ2v) is 7.90. The molecular formula is C22H20ClN3O3S. The summed E-state index contributed by atoms with van der Waals surface area (Å²) >= 11 is 7.53. The Kier molecular flexibility index (Phi) is 5.92. The molecule has 1 N–H and O–H groups in total. The summed E-state index contributed by atoms with van der Waals surface area (Å²) in [7, 11) is 3.15. The molecule has 0 atom stereocenters. The molecule has 0 aliphatic rings. The summed E-state index contributed by atoms with van der Waals surface area (Å²) in [5, 5.41) is 5.64. The first-order valence-corrected chi connectivity index (χ1v) is 10.6. The lowest BCUT2D eigenvalue weighted by Gasteiger charge is -2.11. The van der Waals surface area contributed by atoms with E-state index in [2.05, 4.69) is 10.3 Å². The molecule has 0 spiro atoms. The largest absolute Gasteiger partial charge is 0.497 e. The van der Waals surface area contributed by atoms with Crippen LogP contribution in [0.25, 0.3) is 16.2 Å². The van der Waals surface area contributed by atoms with Crippen LogP contribution in [0.3, 0.4) is 0 Å². The average Bonchev–Trinajstić information content (AvgIpc) is 3.34. The van der Waals surface area contributed by atoms with Crippen molar-refractivity contribution in [3.63, 3.8) is 0 Å². The van der Waals surface area contributed by atoms with Crippen molar-refractivity contribution in [2.75, 3.05) is 19.5 Å². The summed E-state index contributed by atoms with van der Waals surface area (Å²) in [6, 6.07) is 12.9. The van der Waals surface area contributed by atoms with E-state index in [1.165, 1.54) is 0 Å². The van der Waals surface area contributed by atoms with Crippen LogP contribution in [0.4, 0.5) is 5.69 Å². The average molecular weight is 442 g/mol. The van der Waals surface area contributed by atoms with Crippen molar-refractivity contribution in [2.45, 2.75) is 12.8 Å². The van der Waals surface area contributed by atoms with Gasteiger partial charge in [-0.25, -0.2) is 4.98 Å². The monoisotopic (exact) mass is 441 g/mol. The Bertz CT molecular complexity index is 1180. The number of rotatable bonds is 7. The molecule has 0 bridgehead atoms. The Morgan fingerprint density at radius 2 is 1.97 bits per heavy atom. The van der Waals surface area contributed by atoms with Crippen LogP contribution in [0.2, 0.25) is 5.02 Å². The summed E-state index contributed by atoms with van der Waals surface area (Å²) < 4.78 is 12.6. The number of aromatic nitrogens is 2. The number of carbonyl (C=O) groups is 1. The number of hydrogen-bond acceptors (Lipinski definition) is 5. The maximum Gasteiger partial charge on any atom is 0.224 e. The lowest BCUT2D eigenvalue weighted by molar-refractivity contribution is -0.116. The molecule has 1 amide bonds. The molecular weight excluding hydrogens is 422 g/mol. The quantitative estimate of drug-likeness (QED) is 0.422. The number of methoxy groups -OCH3 is 2. The third kappa shape index (κ3) is 4.27. The minimum Gasteiger partial charge on any atom is -0.497 e. The van der Waals surface area contributed by atoms with E-state index in [0.29, 0.717) is 35.1 Å². The van der Waals surface area contributed by atoms with Gasteiger partial charge in [0.25, 0.3) is 0 Å². The van der Waals surface area contributed by atoms with Gasteiger partial charge >= 0.3 is 0 Å². The molecule has 30 heavy (non-hydrogen) atoms. The number of nitrogens with zero attached hydrogens (tertiary/aromatic N) is 2. The van der Waals surface area contributed by atoms with E-state index >= 15 is 0 Å². The van der Waals surface area contributed by atoms with Gasteiger partial charge in [-0.2, -0.15) is 0 Å². The number of ether oxygens (including phenoxy) is 2. The van der Waals surface area contributed by atoms with E-state index in [0.717, 1.165) is 21.9 Å². The van der Waals surface area contributed by atoms with E-state index < -0.39 is 0 Å². The predicted octanol–water partition coefficient (Wildman–Crippen LogP) is 5.30. The summed E-state index contributed by atoms with van der Waals surface area (Å²) in [6.07, 6.45) is 2.94. The van der Waals surface area contributed by atoms with Gasteiger partial charge in [0, 0.05) is 40.3 Å². The highest BCUT2D eigenvalue weighted by molar-refractivity contribution is 7.15. The Morgan fingerprint density at radius 1 is 1.17 bits per heavy atom. The number of carbonyl (C=O) groups excluding carboxylic acids is 1. The smallest absolute Gasteiger partial charge is 0.224 e. The highest BCUT2D eigenvalue weighted by atomic mass is 35.5. The highest BCUT2D eigenvalue weighted by Gasteiger charge is 2.13. The summed E-state index contributed by atoms with van der Waals surface area (Å²) in [4.78, 5) is 18.1. The fourth-order valence-electron chi connectivity index (χ4n) is 3.12. The number of halogens is 1. The lowest BCUT2D eigenvalue weighted by atomic mass is 10.2. The van der Waals surface area contributed by atoms with Crippen LogP contribution in [-0.2, 0) is 11.2 Å². The molecule has 4 aromatic rings. The van der Waals surface area contributed by atoms with E-state index in [1.54, 1.807) is 43.8 Å². The van der Waals surface area contributed by atoms with Gasteiger partial charge < -0.3 is 14.8 Å². The van der Waals surface area contributed by atoms with Crippen molar-refractivity contribution in [2.24, 2.45) is 0 Å².